The molecule has 0 aromatic heterocycles. The Kier molecular flexibility index (Phi) is 6.53. The van der Waals surface area contributed by atoms with Gasteiger partial charge >= 0.3 is 12.4 Å². The average molecular weight is 389 g/mol. The number of carbonyl (C=O) groups is 2. The number of hydrogen-bond donors (Lipinski definition) is 2. The summed E-state index contributed by atoms with van der Waals surface area (Å²) >= 11 is 0. The summed E-state index contributed by atoms with van der Waals surface area (Å²) in [6.45, 7) is 1.88. The Morgan fingerprint density at radius 3 is 2.78 bits per heavy atom. The normalized spacial score (nSPS) is 18.4. The van der Waals surface area contributed by atoms with Crippen LogP contribution in [0.2, 0.25) is 0 Å². The third-order valence-corrected chi connectivity index (χ3v) is 4.42. The summed E-state index contributed by atoms with van der Waals surface area (Å²) in [4.78, 5) is 27.4. The maximum atomic E-state index is 12.5. The van der Waals surface area contributed by atoms with E-state index in [1.807, 2.05) is 6.92 Å². The van der Waals surface area contributed by atoms with Crippen LogP contribution in [0.4, 0.5) is 23.7 Å². The highest BCUT2D eigenvalue weighted by molar-refractivity contribution is 6.01. The monoisotopic (exact) mass is 389 g/mol. The molecule has 0 radical (unpaired) electrons. The first-order valence-electron chi connectivity index (χ1n) is 8.47. The van der Waals surface area contributed by atoms with Crippen LogP contribution in [0, 0.1) is 0 Å². The minimum absolute atomic E-state index is 0.197. The molecule has 150 valence electrons. The number of hydrogen-bond acceptors (Lipinski definition) is 4. The second-order valence-corrected chi connectivity index (χ2v) is 6.18. The summed E-state index contributed by atoms with van der Waals surface area (Å²) in [5.74, 6) is -0.841. The number of alkyl halides is 3. The van der Waals surface area contributed by atoms with Gasteiger partial charge in [0, 0.05) is 25.3 Å². The molecule has 0 saturated carbocycles. The molecular formula is C17H22F3N3O4. The Balaban J connectivity index is 2.04. The second kappa shape index (κ2) is 8.47. The number of nitrogens with zero attached hydrogens (tertiary/aromatic N) is 2. The number of aliphatic hydroxyl groups is 1. The number of benzene rings is 1. The SMILES string of the molecule is CCC(CO)N(C)C(=O)NC1CCN(c2cccc(OC(F)(F)F)c2)C1=O. The fourth-order valence-corrected chi connectivity index (χ4v) is 2.86. The number of nitrogens with one attached hydrogen (secondary N) is 1. The van der Waals surface area contributed by atoms with E-state index in [0.717, 1.165) is 12.1 Å². The molecule has 1 aromatic carbocycles. The van der Waals surface area contributed by atoms with Crippen molar-refractivity contribution in [2.24, 2.45) is 0 Å². The lowest BCUT2D eigenvalue weighted by Gasteiger charge is -2.27. The minimum atomic E-state index is -4.82. The fraction of sp³-hybridized carbons (Fsp3) is 0.529. The van der Waals surface area contributed by atoms with Crippen molar-refractivity contribution < 1.29 is 32.6 Å². The summed E-state index contributed by atoms with van der Waals surface area (Å²) in [5.41, 5.74) is 0.258. The van der Waals surface area contributed by atoms with E-state index in [0.29, 0.717) is 12.8 Å². The van der Waals surface area contributed by atoms with Gasteiger partial charge in [-0.05, 0) is 25.0 Å². The molecule has 3 amide bonds. The molecule has 1 saturated heterocycles. The molecule has 0 bridgehead atoms. The first kappa shape index (κ1) is 20.8. The summed E-state index contributed by atoms with van der Waals surface area (Å²) < 4.78 is 41.0. The van der Waals surface area contributed by atoms with E-state index in [9.17, 15) is 27.9 Å². The zero-order valence-electron chi connectivity index (χ0n) is 15.0. The van der Waals surface area contributed by atoms with Gasteiger partial charge in [-0.25, -0.2) is 4.79 Å². The van der Waals surface area contributed by atoms with Crippen LogP contribution in [-0.2, 0) is 4.79 Å². The highest BCUT2D eigenvalue weighted by Gasteiger charge is 2.36. The number of halogens is 3. The molecule has 0 spiro atoms. The van der Waals surface area contributed by atoms with Crippen LogP contribution in [0.3, 0.4) is 0 Å². The summed E-state index contributed by atoms with van der Waals surface area (Å²) in [6.07, 6.45) is -3.95. The maximum absolute atomic E-state index is 12.5. The summed E-state index contributed by atoms with van der Waals surface area (Å²) in [6, 6.07) is 3.47. The molecule has 1 fully saturated rings. The average Bonchev–Trinajstić information content (AvgIpc) is 2.95. The molecule has 2 atom stereocenters. The van der Waals surface area contributed by atoms with Crippen molar-refractivity contribution in [1.29, 1.82) is 0 Å². The van der Waals surface area contributed by atoms with Crippen molar-refractivity contribution in [3.05, 3.63) is 24.3 Å². The number of aliphatic hydroxyl groups excluding tert-OH is 1. The van der Waals surface area contributed by atoms with E-state index in [4.69, 9.17) is 0 Å². The minimum Gasteiger partial charge on any atom is -0.406 e. The van der Waals surface area contributed by atoms with Gasteiger partial charge in [0.25, 0.3) is 0 Å². The number of urea groups is 1. The molecule has 1 heterocycles. The van der Waals surface area contributed by atoms with Gasteiger partial charge in [0.2, 0.25) is 5.91 Å². The lowest BCUT2D eigenvalue weighted by molar-refractivity contribution is -0.274. The predicted octanol–water partition coefficient (Wildman–Crippen LogP) is 2.10. The number of ether oxygens (including phenoxy) is 1. The Bertz CT molecular complexity index is 680. The molecule has 7 nitrogen and oxygen atoms in total. The third kappa shape index (κ3) is 5.25. The van der Waals surface area contributed by atoms with Crippen LogP contribution < -0.4 is 15.0 Å². The van der Waals surface area contributed by atoms with Crippen LogP contribution in [0.25, 0.3) is 0 Å². The predicted molar refractivity (Wildman–Crippen MR) is 91.3 cm³/mol. The van der Waals surface area contributed by atoms with Crippen molar-refractivity contribution >= 4 is 17.6 Å². The second-order valence-electron chi connectivity index (χ2n) is 6.18. The van der Waals surface area contributed by atoms with Crippen molar-refractivity contribution in [2.45, 2.75) is 38.2 Å². The van der Waals surface area contributed by atoms with Gasteiger partial charge in [0.1, 0.15) is 11.8 Å². The van der Waals surface area contributed by atoms with E-state index in [2.05, 4.69) is 10.1 Å². The lowest BCUT2D eigenvalue weighted by atomic mass is 10.2. The fourth-order valence-electron chi connectivity index (χ4n) is 2.86. The molecule has 1 aliphatic rings. The molecule has 1 aromatic rings. The van der Waals surface area contributed by atoms with Gasteiger partial charge in [-0.2, -0.15) is 0 Å². The van der Waals surface area contributed by atoms with Crippen LogP contribution in [0.5, 0.6) is 5.75 Å². The van der Waals surface area contributed by atoms with Crippen LogP contribution in [0.15, 0.2) is 24.3 Å². The van der Waals surface area contributed by atoms with Crippen LogP contribution in [0.1, 0.15) is 19.8 Å². The summed E-state index contributed by atoms with van der Waals surface area (Å²) in [7, 11) is 1.52. The number of rotatable bonds is 6. The van der Waals surface area contributed by atoms with E-state index in [1.165, 1.54) is 29.0 Å². The van der Waals surface area contributed by atoms with Crippen molar-refractivity contribution in [3.63, 3.8) is 0 Å². The molecule has 10 heteroatoms. The van der Waals surface area contributed by atoms with E-state index in [1.54, 1.807) is 0 Å². The molecular weight excluding hydrogens is 367 g/mol. The molecule has 2 rings (SSSR count). The van der Waals surface area contributed by atoms with Crippen molar-refractivity contribution in [2.75, 3.05) is 25.1 Å². The van der Waals surface area contributed by atoms with Gasteiger partial charge < -0.3 is 25.0 Å². The largest absolute Gasteiger partial charge is 0.573 e. The molecule has 27 heavy (non-hydrogen) atoms. The highest BCUT2D eigenvalue weighted by Crippen LogP contribution is 2.29. The zero-order chi connectivity index (χ0) is 20.2. The quantitative estimate of drug-likeness (QED) is 0.781. The van der Waals surface area contributed by atoms with Crippen LogP contribution in [-0.4, -0.2) is 60.6 Å². The smallest absolute Gasteiger partial charge is 0.406 e. The first-order chi connectivity index (χ1) is 12.7. The van der Waals surface area contributed by atoms with Gasteiger partial charge in [-0.15, -0.1) is 13.2 Å². The van der Waals surface area contributed by atoms with Gasteiger partial charge in [0.15, 0.2) is 0 Å². The maximum Gasteiger partial charge on any atom is 0.573 e. The Hall–Kier alpha value is -2.49. The van der Waals surface area contributed by atoms with Gasteiger partial charge in [-0.3, -0.25) is 4.79 Å². The summed E-state index contributed by atoms with van der Waals surface area (Å²) in [5, 5.41) is 11.9. The standard InChI is InChI=1S/C17H22F3N3O4/c1-3-11(10-24)22(2)16(26)21-14-7-8-23(15(14)25)12-5-4-6-13(9-12)27-17(18,19)20/h4-6,9,11,14,24H,3,7-8,10H2,1-2H3,(H,21,26). The van der Waals surface area contributed by atoms with Crippen molar-refractivity contribution in [3.8, 4) is 5.75 Å². The van der Waals surface area contributed by atoms with Crippen molar-refractivity contribution in [1.82, 2.24) is 10.2 Å². The Morgan fingerprint density at radius 2 is 2.19 bits per heavy atom. The number of likely N-dealkylation sites (N-methyl/N-ethyl adjacent to an activating group) is 1. The Labute approximate surface area is 154 Å². The number of carbonyl (C=O) groups excluding carboxylic acids is 2. The zero-order valence-corrected chi connectivity index (χ0v) is 15.0. The number of amides is 3. The van der Waals surface area contributed by atoms with E-state index in [-0.39, 0.29) is 24.9 Å². The Morgan fingerprint density at radius 1 is 1.48 bits per heavy atom. The number of anilines is 1. The molecule has 0 aliphatic carbocycles. The van der Waals surface area contributed by atoms with Crippen LogP contribution >= 0.6 is 0 Å². The topological polar surface area (TPSA) is 82.1 Å². The third-order valence-electron chi connectivity index (χ3n) is 4.42. The molecule has 2 unspecified atom stereocenters. The van der Waals surface area contributed by atoms with Gasteiger partial charge in [0.05, 0.1) is 12.6 Å². The highest BCUT2D eigenvalue weighted by atomic mass is 19.4. The molecule has 1 aliphatic heterocycles. The van der Waals surface area contributed by atoms with Gasteiger partial charge in [-0.1, -0.05) is 13.0 Å². The molecule has 2 N–H and O–H groups in total. The first-order valence-corrected chi connectivity index (χ1v) is 8.47. The lowest BCUT2D eigenvalue weighted by Crippen LogP contribution is -2.50. The van der Waals surface area contributed by atoms with E-state index >= 15 is 0 Å². The van der Waals surface area contributed by atoms with E-state index < -0.39 is 30.1 Å².